The van der Waals surface area contributed by atoms with Gasteiger partial charge in [-0.25, -0.2) is 9.78 Å². The number of nitrogens with one attached hydrogen (secondary N) is 1. The van der Waals surface area contributed by atoms with E-state index in [4.69, 9.17) is 4.74 Å². The average Bonchev–Trinajstić information content (AvgIpc) is 3.47. The van der Waals surface area contributed by atoms with Gasteiger partial charge in [0, 0.05) is 48.3 Å². The number of urea groups is 1. The number of amides is 2. The van der Waals surface area contributed by atoms with Crippen molar-refractivity contribution >= 4 is 23.1 Å². The van der Waals surface area contributed by atoms with Crippen molar-refractivity contribution in [2.45, 2.75) is 18.9 Å². The molecule has 27 heavy (non-hydrogen) atoms. The summed E-state index contributed by atoms with van der Waals surface area (Å²) < 4.78 is 7.88. The highest BCUT2D eigenvalue weighted by Gasteiger charge is 2.23. The number of hydrogen-bond acceptors (Lipinski definition) is 4. The average molecular weight is 380 g/mol. The molecule has 5 rings (SSSR count). The molecule has 2 aliphatic heterocycles. The summed E-state index contributed by atoms with van der Waals surface area (Å²) in [6.45, 7) is 2.22. The second-order valence-electron chi connectivity index (χ2n) is 6.73. The fraction of sp³-hybridized carbons (Fsp3) is 0.300. The van der Waals surface area contributed by atoms with Gasteiger partial charge in [0.15, 0.2) is 5.82 Å². The Kier molecular flexibility index (Phi) is 4.18. The lowest BCUT2D eigenvalue weighted by Gasteiger charge is -2.16. The number of hydrogen-bond donors (Lipinski definition) is 1. The summed E-state index contributed by atoms with van der Waals surface area (Å²) in [6.07, 6.45) is 6.22. The summed E-state index contributed by atoms with van der Waals surface area (Å²) in [7, 11) is 0. The summed E-state index contributed by atoms with van der Waals surface area (Å²) in [4.78, 5) is 20.7. The molecule has 0 bridgehead atoms. The van der Waals surface area contributed by atoms with Gasteiger partial charge in [0.25, 0.3) is 0 Å². The van der Waals surface area contributed by atoms with Gasteiger partial charge in [-0.05, 0) is 43.2 Å². The third-order valence-electron chi connectivity index (χ3n) is 5.01. The van der Waals surface area contributed by atoms with Gasteiger partial charge >= 0.3 is 6.03 Å². The van der Waals surface area contributed by atoms with Gasteiger partial charge in [-0.15, -0.1) is 11.3 Å². The zero-order chi connectivity index (χ0) is 18.2. The molecule has 2 aliphatic rings. The van der Waals surface area contributed by atoms with Gasteiger partial charge in [-0.2, -0.15) is 0 Å². The molecule has 138 valence electrons. The standard InChI is InChI=1S/C20H20N4O2S/c25-20-22-9-11-24(20)15-4-1-3-14(13-15)23-10-8-21-19(23)18-7-6-17(27-18)16-5-2-12-26-16/h1,3-4,6-8,10,13,16H,2,5,9,11-12H2,(H,22,25). The number of thiophene rings is 1. The van der Waals surface area contributed by atoms with Gasteiger partial charge in [0.05, 0.1) is 11.0 Å². The van der Waals surface area contributed by atoms with Crippen molar-refractivity contribution in [1.82, 2.24) is 14.9 Å². The Hall–Kier alpha value is -2.64. The van der Waals surface area contributed by atoms with Crippen LogP contribution in [0.25, 0.3) is 16.4 Å². The fourth-order valence-electron chi connectivity index (χ4n) is 3.67. The molecular weight excluding hydrogens is 360 g/mol. The molecule has 0 saturated carbocycles. The highest BCUT2D eigenvalue weighted by molar-refractivity contribution is 7.15. The summed E-state index contributed by atoms with van der Waals surface area (Å²) in [6, 6.07) is 12.2. The summed E-state index contributed by atoms with van der Waals surface area (Å²) in [5.74, 6) is 0.910. The van der Waals surface area contributed by atoms with Crippen LogP contribution in [0.5, 0.6) is 0 Å². The Morgan fingerprint density at radius 1 is 1.22 bits per heavy atom. The van der Waals surface area contributed by atoms with E-state index in [0.717, 1.165) is 41.5 Å². The van der Waals surface area contributed by atoms with E-state index in [-0.39, 0.29) is 12.1 Å². The van der Waals surface area contributed by atoms with E-state index in [2.05, 4.69) is 27.0 Å². The maximum absolute atomic E-state index is 12.0. The van der Waals surface area contributed by atoms with Crippen molar-refractivity contribution in [1.29, 1.82) is 0 Å². The second-order valence-corrected chi connectivity index (χ2v) is 7.84. The maximum atomic E-state index is 12.0. The predicted octanol–water partition coefficient (Wildman–Crippen LogP) is 3.98. The molecule has 1 aromatic carbocycles. The Morgan fingerprint density at radius 3 is 2.96 bits per heavy atom. The Bertz CT molecular complexity index is 974. The summed E-state index contributed by atoms with van der Waals surface area (Å²) in [5.41, 5.74) is 1.89. The van der Waals surface area contributed by atoms with Crippen molar-refractivity contribution in [3.8, 4) is 16.4 Å². The van der Waals surface area contributed by atoms with Crippen LogP contribution in [0.2, 0.25) is 0 Å². The first-order valence-electron chi connectivity index (χ1n) is 9.20. The highest BCUT2D eigenvalue weighted by atomic mass is 32.1. The van der Waals surface area contributed by atoms with E-state index >= 15 is 0 Å². The minimum atomic E-state index is -0.0440. The van der Waals surface area contributed by atoms with E-state index in [0.29, 0.717) is 13.1 Å². The molecule has 6 nitrogen and oxygen atoms in total. The normalized spacial score (nSPS) is 19.6. The van der Waals surface area contributed by atoms with Crippen molar-refractivity contribution in [2.24, 2.45) is 0 Å². The van der Waals surface area contributed by atoms with Crippen LogP contribution >= 0.6 is 11.3 Å². The Balaban J connectivity index is 1.47. The lowest BCUT2D eigenvalue weighted by molar-refractivity contribution is 0.114. The van der Waals surface area contributed by atoms with Gasteiger partial charge < -0.3 is 10.1 Å². The number of anilines is 1. The molecule has 0 radical (unpaired) electrons. The predicted molar refractivity (Wildman–Crippen MR) is 106 cm³/mol. The molecule has 7 heteroatoms. The van der Waals surface area contributed by atoms with Crippen LogP contribution in [0.4, 0.5) is 10.5 Å². The molecule has 2 aromatic heterocycles. The quantitative estimate of drug-likeness (QED) is 0.745. The molecule has 0 spiro atoms. The summed E-state index contributed by atoms with van der Waals surface area (Å²) >= 11 is 1.74. The van der Waals surface area contributed by atoms with E-state index < -0.39 is 0 Å². The Morgan fingerprint density at radius 2 is 2.15 bits per heavy atom. The number of rotatable bonds is 4. The van der Waals surface area contributed by atoms with Gasteiger partial charge in [-0.1, -0.05) is 6.07 Å². The third kappa shape index (κ3) is 3.02. The monoisotopic (exact) mass is 380 g/mol. The van der Waals surface area contributed by atoms with Crippen LogP contribution in [-0.4, -0.2) is 35.3 Å². The molecule has 3 aromatic rings. The van der Waals surface area contributed by atoms with Crippen LogP contribution < -0.4 is 10.2 Å². The zero-order valence-electron chi connectivity index (χ0n) is 14.8. The first-order valence-corrected chi connectivity index (χ1v) is 10.0. The van der Waals surface area contributed by atoms with Crippen LogP contribution in [0.3, 0.4) is 0 Å². The molecule has 1 unspecified atom stereocenters. The van der Waals surface area contributed by atoms with E-state index in [1.54, 1.807) is 16.2 Å². The number of ether oxygens (including phenoxy) is 1. The molecule has 1 atom stereocenters. The van der Waals surface area contributed by atoms with Crippen LogP contribution in [0.1, 0.15) is 23.8 Å². The third-order valence-corrected chi connectivity index (χ3v) is 6.18. The largest absolute Gasteiger partial charge is 0.373 e. The maximum Gasteiger partial charge on any atom is 0.321 e. The fourth-order valence-corrected chi connectivity index (χ4v) is 4.76. The molecule has 0 aliphatic carbocycles. The molecular formula is C20H20N4O2S. The lowest BCUT2D eigenvalue weighted by Crippen LogP contribution is -2.27. The summed E-state index contributed by atoms with van der Waals surface area (Å²) in [5, 5.41) is 2.85. The van der Waals surface area contributed by atoms with E-state index in [1.165, 1.54) is 4.88 Å². The number of benzene rings is 1. The minimum absolute atomic E-state index is 0.0440. The number of nitrogens with zero attached hydrogens (tertiary/aromatic N) is 3. The van der Waals surface area contributed by atoms with Crippen molar-refractivity contribution < 1.29 is 9.53 Å². The van der Waals surface area contributed by atoms with Crippen LogP contribution in [0.15, 0.2) is 48.8 Å². The van der Waals surface area contributed by atoms with Crippen molar-refractivity contribution in [3.63, 3.8) is 0 Å². The lowest BCUT2D eigenvalue weighted by atomic mass is 10.2. The highest BCUT2D eigenvalue weighted by Crippen LogP contribution is 2.37. The first kappa shape index (κ1) is 16.5. The smallest absolute Gasteiger partial charge is 0.321 e. The SMILES string of the molecule is O=C1NCCN1c1cccc(-n2ccnc2-c2ccc(C3CCCO3)s2)c1. The van der Waals surface area contributed by atoms with Crippen LogP contribution in [0, 0.1) is 0 Å². The van der Waals surface area contributed by atoms with E-state index in [9.17, 15) is 4.79 Å². The van der Waals surface area contributed by atoms with Crippen molar-refractivity contribution in [3.05, 3.63) is 53.7 Å². The van der Waals surface area contributed by atoms with Crippen molar-refractivity contribution in [2.75, 3.05) is 24.6 Å². The second kappa shape index (κ2) is 6.83. The van der Waals surface area contributed by atoms with Gasteiger partial charge in [0.2, 0.25) is 0 Å². The number of aromatic nitrogens is 2. The molecule has 1 N–H and O–H groups in total. The molecule has 2 saturated heterocycles. The van der Waals surface area contributed by atoms with Gasteiger partial charge in [0.1, 0.15) is 0 Å². The zero-order valence-corrected chi connectivity index (χ0v) is 15.6. The van der Waals surface area contributed by atoms with Crippen LogP contribution in [-0.2, 0) is 4.74 Å². The van der Waals surface area contributed by atoms with E-state index in [1.807, 2.05) is 36.7 Å². The molecule has 2 fully saturated rings. The first-order chi connectivity index (χ1) is 13.3. The number of carbonyl (C=O) groups excluding carboxylic acids is 1. The molecule has 4 heterocycles. The topological polar surface area (TPSA) is 59.4 Å². The Labute approximate surface area is 161 Å². The minimum Gasteiger partial charge on any atom is -0.373 e. The number of carbonyl (C=O) groups is 1. The number of imidazole rings is 1. The van der Waals surface area contributed by atoms with Gasteiger partial charge in [-0.3, -0.25) is 9.47 Å². The molecule has 2 amide bonds.